The molecule has 0 unspecified atom stereocenters. The second-order valence-electron chi connectivity index (χ2n) is 10.4. The topological polar surface area (TPSA) is 168 Å². The molecule has 3 aromatic rings. The number of likely N-dealkylation sites (tertiary alicyclic amines) is 1. The van der Waals surface area contributed by atoms with Gasteiger partial charge in [0.05, 0.1) is 23.6 Å². The van der Waals surface area contributed by atoms with E-state index in [0.29, 0.717) is 30.8 Å². The van der Waals surface area contributed by atoms with Crippen LogP contribution in [0.15, 0.2) is 66.7 Å². The molecule has 0 aliphatic carbocycles. The number of phenols is 1. The molecule has 11 nitrogen and oxygen atoms in total. The number of rotatable bonds is 12. The number of aliphatic hydroxyl groups excluding tert-OH is 1. The van der Waals surface area contributed by atoms with Crippen molar-refractivity contribution >= 4 is 33.3 Å². The maximum absolute atomic E-state index is 12.8. The monoisotopic (exact) mass is 596 g/mol. The lowest BCUT2D eigenvalue weighted by Gasteiger charge is -2.33. The molecule has 0 radical (unpaired) electrons. The van der Waals surface area contributed by atoms with Crippen LogP contribution in [0.2, 0.25) is 0 Å². The average Bonchev–Trinajstić information content (AvgIpc) is 2.96. The van der Waals surface area contributed by atoms with Gasteiger partial charge in [0.15, 0.2) is 0 Å². The quantitative estimate of drug-likeness (QED) is 0.136. The number of phenolic OH excluding ortho intramolecular Hbond substituents is 1. The maximum Gasteiger partial charge on any atom is 0.335 e. The largest absolute Gasteiger partial charge is 0.506 e. The summed E-state index contributed by atoms with van der Waals surface area (Å²) in [4.78, 5) is 25.6. The fraction of sp³-hybridized carbons (Fsp3) is 0.333. The van der Waals surface area contributed by atoms with Gasteiger partial charge in [0.25, 0.3) is 5.91 Å². The number of aromatic hydroxyl groups is 1. The molecule has 4 rings (SSSR count). The third-order valence-corrected chi connectivity index (χ3v) is 7.71. The van der Waals surface area contributed by atoms with Gasteiger partial charge in [-0.2, -0.15) is 0 Å². The summed E-state index contributed by atoms with van der Waals surface area (Å²) in [5.74, 6) is -1.33. The molecule has 1 heterocycles. The third kappa shape index (κ3) is 8.68. The number of benzene rings is 3. The van der Waals surface area contributed by atoms with Crippen molar-refractivity contribution in [2.24, 2.45) is 0 Å². The first-order chi connectivity index (χ1) is 20.0. The minimum atomic E-state index is -3.56. The van der Waals surface area contributed by atoms with E-state index in [4.69, 9.17) is 5.11 Å². The van der Waals surface area contributed by atoms with E-state index in [9.17, 15) is 28.2 Å². The normalized spacial score (nSPS) is 14.8. The standard InChI is InChI=1S/C30H36N4O7S/c1-42(40,41)33-26-18-23(8-11-27(26)35)28(36)19-31-15-12-20-2-9-24(10-3-20)32-25-13-16-34(17-14-25)29(37)21-4-6-22(7-5-21)30(38)39/h2-11,18,25,28,31-33,35-36H,12-17,19H2,1H3,(H,38,39)/t28-/m0/s1. The highest BCUT2D eigenvalue weighted by molar-refractivity contribution is 7.92. The van der Waals surface area contributed by atoms with Gasteiger partial charge in [-0.15, -0.1) is 0 Å². The summed E-state index contributed by atoms with van der Waals surface area (Å²) in [6.45, 7) is 2.12. The summed E-state index contributed by atoms with van der Waals surface area (Å²) < 4.78 is 25.2. The summed E-state index contributed by atoms with van der Waals surface area (Å²) >= 11 is 0. The van der Waals surface area contributed by atoms with Crippen LogP contribution in [0.4, 0.5) is 11.4 Å². The minimum absolute atomic E-state index is 0.0200. The number of hydrogen-bond acceptors (Lipinski definition) is 8. The molecule has 0 bridgehead atoms. The van der Waals surface area contributed by atoms with Crippen molar-refractivity contribution in [1.29, 1.82) is 0 Å². The zero-order valence-electron chi connectivity index (χ0n) is 23.3. The number of anilines is 2. The number of carbonyl (C=O) groups is 2. The van der Waals surface area contributed by atoms with Gasteiger partial charge in [-0.3, -0.25) is 9.52 Å². The zero-order valence-corrected chi connectivity index (χ0v) is 24.1. The number of aliphatic hydroxyl groups is 1. The second-order valence-corrected chi connectivity index (χ2v) is 12.2. The maximum atomic E-state index is 12.8. The van der Waals surface area contributed by atoms with E-state index in [1.807, 2.05) is 24.3 Å². The van der Waals surface area contributed by atoms with Gasteiger partial charge in [0, 0.05) is 36.9 Å². The molecule has 12 heteroatoms. The molecule has 0 spiro atoms. The van der Waals surface area contributed by atoms with Crippen LogP contribution >= 0.6 is 0 Å². The summed E-state index contributed by atoms with van der Waals surface area (Å²) in [5, 5.41) is 36.1. The lowest BCUT2D eigenvalue weighted by Crippen LogP contribution is -2.42. The molecule has 6 N–H and O–H groups in total. The van der Waals surface area contributed by atoms with Crippen LogP contribution in [0.1, 0.15) is 50.8 Å². The molecule has 0 saturated carbocycles. The van der Waals surface area contributed by atoms with Crippen LogP contribution in [0.3, 0.4) is 0 Å². The Morgan fingerprint density at radius 1 is 0.976 bits per heavy atom. The number of sulfonamides is 1. The Balaban J connectivity index is 1.18. The first kappa shape index (κ1) is 30.8. The number of hydrogen-bond donors (Lipinski definition) is 6. The molecule has 3 aromatic carbocycles. The van der Waals surface area contributed by atoms with Gasteiger partial charge < -0.3 is 30.9 Å². The predicted octanol–water partition coefficient (Wildman–Crippen LogP) is 3.04. The smallest absolute Gasteiger partial charge is 0.335 e. The van der Waals surface area contributed by atoms with Crippen molar-refractivity contribution in [1.82, 2.24) is 10.2 Å². The number of nitrogens with zero attached hydrogens (tertiary/aromatic N) is 1. The Morgan fingerprint density at radius 3 is 2.24 bits per heavy atom. The third-order valence-electron chi connectivity index (χ3n) is 7.11. The van der Waals surface area contributed by atoms with E-state index in [0.717, 1.165) is 36.8 Å². The number of carboxylic acids is 1. The van der Waals surface area contributed by atoms with E-state index in [-0.39, 0.29) is 35.5 Å². The Hall–Kier alpha value is -4.13. The van der Waals surface area contributed by atoms with Crippen LogP contribution < -0.4 is 15.4 Å². The van der Waals surface area contributed by atoms with Gasteiger partial charge in [-0.05, 0) is 85.5 Å². The van der Waals surface area contributed by atoms with Crippen molar-refractivity contribution in [3.05, 3.63) is 89.0 Å². The van der Waals surface area contributed by atoms with Gasteiger partial charge in [0.2, 0.25) is 10.0 Å². The molecule has 1 aliphatic heterocycles. The number of carbonyl (C=O) groups excluding carboxylic acids is 1. The van der Waals surface area contributed by atoms with Crippen molar-refractivity contribution in [2.45, 2.75) is 31.4 Å². The Labute approximate surface area is 245 Å². The van der Waals surface area contributed by atoms with Gasteiger partial charge >= 0.3 is 5.97 Å². The Morgan fingerprint density at radius 2 is 1.62 bits per heavy atom. The molecular weight excluding hydrogens is 560 g/mol. The fourth-order valence-electron chi connectivity index (χ4n) is 4.80. The molecule has 1 saturated heterocycles. The van der Waals surface area contributed by atoms with Crippen molar-refractivity contribution in [2.75, 3.05) is 42.5 Å². The molecule has 224 valence electrons. The van der Waals surface area contributed by atoms with E-state index >= 15 is 0 Å². The van der Waals surface area contributed by atoms with Gasteiger partial charge in [-0.25, -0.2) is 13.2 Å². The first-order valence-electron chi connectivity index (χ1n) is 13.7. The molecule has 1 amide bonds. The summed E-state index contributed by atoms with van der Waals surface area (Å²) in [6.07, 6.45) is 2.47. The number of carboxylic acid groups (broad SMARTS) is 1. The van der Waals surface area contributed by atoms with Gasteiger partial charge in [-0.1, -0.05) is 18.2 Å². The zero-order chi connectivity index (χ0) is 30.3. The molecule has 1 aliphatic rings. The molecule has 0 aromatic heterocycles. The second kappa shape index (κ2) is 13.7. The lowest BCUT2D eigenvalue weighted by atomic mass is 10.0. The predicted molar refractivity (Wildman–Crippen MR) is 160 cm³/mol. The van der Waals surface area contributed by atoms with Crippen LogP contribution in [0, 0.1) is 0 Å². The van der Waals surface area contributed by atoms with Crippen LogP contribution in [-0.4, -0.2) is 79.0 Å². The highest BCUT2D eigenvalue weighted by Gasteiger charge is 2.24. The fourth-order valence-corrected chi connectivity index (χ4v) is 5.36. The minimum Gasteiger partial charge on any atom is -0.506 e. The van der Waals surface area contributed by atoms with E-state index < -0.39 is 22.1 Å². The molecular formula is C30H36N4O7S. The van der Waals surface area contributed by atoms with Crippen LogP contribution in [-0.2, 0) is 16.4 Å². The van der Waals surface area contributed by atoms with Crippen molar-refractivity contribution in [3.63, 3.8) is 0 Å². The lowest BCUT2D eigenvalue weighted by molar-refractivity contribution is 0.0690. The molecule has 1 fully saturated rings. The van der Waals surface area contributed by atoms with E-state index in [1.54, 1.807) is 23.1 Å². The van der Waals surface area contributed by atoms with E-state index in [1.165, 1.54) is 24.3 Å². The molecule has 42 heavy (non-hydrogen) atoms. The van der Waals surface area contributed by atoms with Gasteiger partial charge in [0.1, 0.15) is 5.75 Å². The molecule has 1 atom stereocenters. The number of aromatic carboxylic acids is 1. The summed E-state index contributed by atoms with van der Waals surface area (Å²) in [5.41, 5.74) is 3.27. The van der Waals surface area contributed by atoms with Crippen LogP contribution in [0.25, 0.3) is 0 Å². The Kier molecular flexibility index (Phi) is 10.0. The van der Waals surface area contributed by atoms with Crippen molar-refractivity contribution < 1.29 is 33.3 Å². The number of amides is 1. The SMILES string of the molecule is CS(=O)(=O)Nc1cc([C@@H](O)CNCCc2ccc(NC3CCN(C(=O)c4ccc(C(=O)O)cc4)CC3)cc2)ccc1O. The van der Waals surface area contributed by atoms with Crippen molar-refractivity contribution in [3.8, 4) is 5.75 Å². The average molecular weight is 597 g/mol. The highest BCUT2D eigenvalue weighted by Crippen LogP contribution is 2.27. The first-order valence-corrected chi connectivity index (χ1v) is 15.6. The van der Waals surface area contributed by atoms with E-state index in [2.05, 4.69) is 15.4 Å². The van der Waals surface area contributed by atoms with Crippen LogP contribution in [0.5, 0.6) is 5.75 Å². The summed E-state index contributed by atoms with van der Waals surface area (Å²) in [7, 11) is -3.56. The number of piperidine rings is 1. The number of nitrogens with one attached hydrogen (secondary N) is 3. The highest BCUT2D eigenvalue weighted by atomic mass is 32.2. The summed E-state index contributed by atoms with van der Waals surface area (Å²) in [6, 6.07) is 18.7. The Bertz CT molecular complexity index is 1490.